The SMILES string of the molecule is COC(=O)c1ccc(-c2ccccc2)cc1NC(=O)c1cc(O)ccc1OCc1ccccc1. The van der Waals surface area contributed by atoms with Crippen molar-refractivity contribution in [3.63, 3.8) is 0 Å². The van der Waals surface area contributed by atoms with Gasteiger partial charge in [0, 0.05) is 0 Å². The Morgan fingerprint density at radius 3 is 2.21 bits per heavy atom. The molecule has 4 rings (SSSR count). The molecule has 0 saturated carbocycles. The Morgan fingerprint density at radius 1 is 0.794 bits per heavy atom. The monoisotopic (exact) mass is 453 g/mol. The molecule has 4 aromatic carbocycles. The molecule has 0 saturated heterocycles. The molecule has 0 atom stereocenters. The molecule has 0 unspecified atom stereocenters. The van der Waals surface area contributed by atoms with E-state index in [1.807, 2.05) is 60.7 Å². The molecule has 170 valence electrons. The van der Waals surface area contributed by atoms with Gasteiger partial charge >= 0.3 is 5.97 Å². The number of nitrogens with one attached hydrogen (secondary N) is 1. The van der Waals surface area contributed by atoms with Gasteiger partial charge in [0.25, 0.3) is 5.91 Å². The van der Waals surface area contributed by atoms with E-state index in [2.05, 4.69) is 5.32 Å². The van der Waals surface area contributed by atoms with Crippen LogP contribution in [-0.2, 0) is 11.3 Å². The largest absolute Gasteiger partial charge is 0.508 e. The summed E-state index contributed by atoms with van der Waals surface area (Å²) in [5.41, 5.74) is 3.32. The van der Waals surface area contributed by atoms with Gasteiger partial charge in [-0.25, -0.2) is 4.79 Å². The first-order chi connectivity index (χ1) is 16.5. The van der Waals surface area contributed by atoms with E-state index < -0.39 is 11.9 Å². The number of carbonyl (C=O) groups excluding carboxylic acids is 2. The first-order valence-corrected chi connectivity index (χ1v) is 10.6. The van der Waals surface area contributed by atoms with E-state index in [1.54, 1.807) is 18.2 Å². The highest BCUT2D eigenvalue weighted by Gasteiger charge is 2.19. The van der Waals surface area contributed by atoms with Crippen molar-refractivity contribution in [3.8, 4) is 22.6 Å². The molecule has 1 amide bonds. The van der Waals surface area contributed by atoms with Gasteiger partial charge in [0.05, 0.1) is 23.9 Å². The molecule has 2 N–H and O–H groups in total. The highest BCUT2D eigenvalue weighted by atomic mass is 16.5. The van der Waals surface area contributed by atoms with Gasteiger partial charge in [-0.2, -0.15) is 0 Å². The molecule has 6 heteroatoms. The average molecular weight is 453 g/mol. The number of anilines is 1. The number of hydrogen-bond acceptors (Lipinski definition) is 5. The lowest BCUT2D eigenvalue weighted by atomic mass is 10.0. The predicted molar refractivity (Wildman–Crippen MR) is 130 cm³/mol. The van der Waals surface area contributed by atoms with Crippen LogP contribution in [0.1, 0.15) is 26.3 Å². The molecule has 0 radical (unpaired) electrons. The highest BCUT2D eigenvalue weighted by molar-refractivity contribution is 6.10. The Labute approximate surface area is 197 Å². The number of phenolic OH excluding ortho intramolecular Hbond substituents is 1. The molecule has 34 heavy (non-hydrogen) atoms. The fourth-order valence-corrected chi connectivity index (χ4v) is 3.49. The third-order valence-electron chi connectivity index (χ3n) is 5.23. The molecule has 6 nitrogen and oxygen atoms in total. The second-order valence-electron chi connectivity index (χ2n) is 7.53. The summed E-state index contributed by atoms with van der Waals surface area (Å²) in [6.07, 6.45) is 0. The van der Waals surface area contributed by atoms with Crippen molar-refractivity contribution in [3.05, 3.63) is 114 Å². The fourth-order valence-electron chi connectivity index (χ4n) is 3.49. The van der Waals surface area contributed by atoms with Crippen LogP contribution < -0.4 is 10.1 Å². The van der Waals surface area contributed by atoms with Gasteiger partial charge in [-0.1, -0.05) is 66.7 Å². The van der Waals surface area contributed by atoms with E-state index in [0.29, 0.717) is 5.75 Å². The number of esters is 1. The number of phenols is 1. The Morgan fingerprint density at radius 2 is 1.50 bits per heavy atom. The third-order valence-corrected chi connectivity index (χ3v) is 5.23. The van der Waals surface area contributed by atoms with Gasteiger partial charge in [0.15, 0.2) is 0 Å². The summed E-state index contributed by atoms with van der Waals surface area (Å²) < 4.78 is 10.8. The molecule has 0 heterocycles. The van der Waals surface area contributed by atoms with Gasteiger partial charge in [-0.15, -0.1) is 0 Å². The fraction of sp³-hybridized carbons (Fsp3) is 0.0714. The number of benzene rings is 4. The summed E-state index contributed by atoms with van der Waals surface area (Å²) in [5.74, 6) is -0.887. The van der Waals surface area contributed by atoms with E-state index in [9.17, 15) is 14.7 Å². The van der Waals surface area contributed by atoms with Crippen molar-refractivity contribution in [1.29, 1.82) is 0 Å². The van der Waals surface area contributed by atoms with Crippen molar-refractivity contribution < 1.29 is 24.2 Å². The van der Waals surface area contributed by atoms with Crippen molar-refractivity contribution in [1.82, 2.24) is 0 Å². The Kier molecular flexibility index (Phi) is 6.89. The van der Waals surface area contributed by atoms with Crippen LogP contribution in [0.2, 0.25) is 0 Å². The first kappa shape index (κ1) is 22.6. The second kappa shape index (κ2) is 10.4. The van der Waals surface area contributed by atoms with Crippen molar-refractivity contribution in [2.24, 2.45) is 0 Å². The van der Waals surface area contributed by atoms with E-state index in [1.165, 1.54) is 25.3 Å². The number of ether oxygens (including phenoxy) is 2. The third kappa shape index (κ3) is 5.24. The van der Waals surface area contributed by atoms with Crippen molar-refractivity contribution in [2.45, 2.75) is 6.61 Å². The highest BCUT2D eigenvalue weighted by Crippen LogP contribution is 2.29. The van der Waals surface area contributed by atoms with Gasteiger partial charge in [0.1, 0.15) is 18.1 Å². The van der Waals surface area contributed by atoms with Crippen LogP contribution in [-0.4, -0.2) is 24.1 Å². The van der Waals surface area contributed by atoms with E-state index in [-0.39, 0.29) is 29.2 Å². The van der Waals surface area contributed by atoms with Crippen LogP contribution in [0.15, 0.2) is 97.1 Å². The zero-order valence-corrected chi connectivity index (χ0v) is 18.5. The quantitative estimate of drug-likeness (QED) is 0.352. The average Bonchev–Trinajstić information content (AvgIpc) is 2.88. The summed E-state index contributed by atoms with van der Waals surface area (Å²) >= 11 is 0. The second-order valence-corrected chi connectivity index (χ2v) is 7.53. The molecule has 0 aliphatic rings. The number of carbonyl (C=O) groups is 2. The lowest BCUT2D eigenvalue weighted by Crippen LogP contribution is -2.16. The van der Waals surface area contributed by atoms with Crippen molar-refractivity contribution in [2.75, 3.05) is 12.4 Å². The van der Waals surface area contributed by atoms with E-state index >= 15 is 0 Å². The molecule has 0 fully saturated rings. The van der Waals surface area contributed by atoms with Crippen molar-refractivity contribution >= 4 is 17.6 Å². The Hall–Kier alpha value is -4.58. The van der Waals surface area contributed by atoms with Crippen LogP contribution in [0.25, 0.3) is 11.1 Å². The van der Waals surface area contributed by atoms with Gasteiger partial charge in [0.2, 0.25) is 0 Å². The molecule has 0 bridgehead atoms. The smallest absolute Gasteiger partial charge is 0.339 e. The number of aromatic hydroxyl groups is 1. The lowest BCUT2D eigenvalue weighted by molar-refractivity contribution is 0.0602. The molecule has 4 aromatic rings. The van der Waals surface area contributed by atoms with E-state index in [0.717, 1.165) is 16.7 Å². The number of amides is 1. The minimum absolute atomic E-state index is 0.0801. The minimum Gasteiger partial charge on any atom is -0.508 e. The zero-order chi connectivity index (χ0) is 23.9. The zero-order valence-electron chi connectivity index (χ0n) is 18.5. The summed E-state index contributed by atoms with van der Waals surface area (Å²) in [4.78, 5) is 25.6. The van der Waals surface area contributed by atoms with E-state index in [4.69, 9.17) is 9.47 Å². The van der Waals surface area contributed by atoms with Gasteiger partial charge < -0.3 is 19.9 Å². The maximum atomic E-state index is 13.3. The van der Waals surface area contributed by atoms with Crippen LogP contribution in [0.4, 0.5) is 5.69 Å². The normalized spacial score (nSPS) is 10.4. The summed E-state index contributed by atoms with van der Waals surface area (Å²) in [7, 11) is 1.28. The molecular formula is C28H23NO5. The molecular weight excluding hydrogens is 430 g/mol. The standard InChI is InChI=1S/C28H23NO5/c1-33-28(32)23-14-12-21(20-10-6-3-7-11-20)16-25(23)29-27(31)24-17-22(30)13-15-26(24)34-18-19-8-4-2-5-9-19/h2-17,30H,18H2,1H3,(H,29,31). The summed E-state index contributed by atoms with van der Waals surface area (Å²) in [6.45, 7) is 0.253. The first-order valence-electron chi connectivity index (χ1n) is 10.6. The Balaban J connectivity index is 1.65. The molecule has 0 spiro atoms. The molecule has 0 aromatic heterocycles. The maximum absolute atomic E-state index is 13.3. The maximum Gasteiger partial charge on any atom is 0.339 e. The number of hydrogen-bond donors (Lipinski definition) is 2. The molecule has 0 aliphatic carbocycles. The minimum atomic E-state index is -0.577. The van der Waals surface area contributed by atoms with Gasteiger partial charge in [-0.3, -0.25) is 4.79 Å². The summed E-state index contributed by atoms with van der Waals surface area (Å²) in [6, 6.07) is 28.6. The number of methoxy groups -OCH3 is 1. The Bertz CT molecular complexity index is 1300. The predicted octanol–water partition coefficient (Wildman–Crippen LogP) is 5.68. The summed E-state index contributed by atoms with van der Waals surface area (Å²) in [5, 5.41) is 12.8. The van der Waals surface area contributed by atoms with Gasteiger partial charge in [-0.05, 0) is 47.0 Å². The van der Waals surface area contributed by atoms with Crippen LogP contribution in [0.3, 0.4) is 0 Å². The van der Waals surface area contributed by atoms with Crippen LogP contribution in [0.5, 0.6) is 11.5 Å². The molecule has 0 aliphatic heterocycles. The van der Waals surface area contributed by atoms with Crippen LogP contribution in [0, 0.1) is 0 Å². The topological polar surface area (TPSA) is 84.9 Å². The lowest BCUT2D eigenvalue weighted by Gasteiger charge is -2.15. The number of rotatable bonds is 7. The van der Waals surface area contributed by atoms with Crippen LogP contribution >= 0.6 is 0 Å².